The molecule has 3 heterocycles. The molecular weight excluding hydrogens is 386 g/mol. The van der Waals surface area contributed by atoms with Gasteiger partial charge in [0.25, 0.3) is 5.91 Å². The Morgan fingerprint density at radius 1 is 1.48 bits per heavy atom. The first-order valence-electron chi connectivity index (χ1n) is 7.73. The lowest BCUT2D eigenvalue weighted by molar-refractivity contribution is -0.138. The molecular formula is C12H17N7O7S. The van der Waals surface area contributed by atoms with Crippen LogP contribution < -0.4 is 16.9 Å². The number of carbonyl (C=O) groups is 2. The van der Waals surface area contributed by atoms with Crippen molar-refractivity contribution in [1.29, 1.82) is 0 Å². The van der Waals surface area contributed by atoms with Gasteiger partial charge in [-0.05, 0) is 13.0 Å². The quantitative estimate of drug-likeness (QED) is 0.223. The minimum absolute atomic E-state index is 0.0912. The van der Waals surface area contributed by atoms with E-state index in [9.17, 15) is 18.0 Å². The van der Waals surface area contributed by atoms with Crippen molar-refractivity contribution in [2.24, 2.45) is 5.73 Å². The molecule has 0 unspecified atom stereocenters. The standard InChI is InChI=1S/C12H17N7O7S/c13-2-1-3-25-17-10(20)9-8-6(4-15-11(14)16-8)7-5-18(9)12(21)19(7)26-27(22,23)24/h4,7,9H,1-3,5,13H2,(H,17,20)(H2,14,15,16)(H,22,23,24)/t7-,9+/m1/s1. The number of hydrogen-bond acceptors (Lipinski definition) is 10. The number of amides is 3. The van der Waals surface area contributed by atoms with E-state index in [1.165, 1.54) is 6.20 Å². The maximum absolute atomic E-state index is 12.6. The van der Waals surface area contributed by atoms with Gasteiger partial charge >= 0.3 is 16.4 Å². The maximum atomic E-state index is 12.6. The van der Waals surface area contributed by atoms with Crippen LogP contribution in [0.4, 0.5) is 10.7 Å². The lowest BCUT2D eigenvalue weighted by Crippen LogP contribution is -2.44. The van der Waals surface area contributed by atoms with Gasteiger partial charge in [0.15, 0.2) is 6.04 Å². The molecule has 3 rings (SSSR count). The second kappa shape index (κ2) is 7.20. The zero-order chi connectivity index (χ0) is 19.8. The van der Waals surface area contributed by atoms with Crippen LogP contribution >= 0.6 is 0 Å². The van der Waals surface area contributed by atoms with E-state index >= 15 is 0 Å². The van der Waals surface area contributed by atoms with Crippen molar-refractivity contribution in [3.8, 4) is 0 Å². The smallest absolute Gasteiger partial charge is 0.368 e. The minimum Gasteiger partial charge on any atom is -0.368 e. The first-order chi connectivity index (χ1) is 12.7. The molecule has 14 nitrogen and oxygen atoms in total. The molecule has 1 aromatic heterocycles. The minimum atomic E-state index is -4.97. The van der Waals surface area contributed by atoms with Gasteiger partial charge in [-0.15, -0.1) is 4.28 Å². The Morgan fingerprint density at radius 2 is 2.22 bits per heavy atom. The number of anilines is 1. The van der Waals surface area contributed by atoms with Crippen molar-refractivity contribution >= 4 is 28.3 Å². The molecule has 15 heteroatoms. The maximum Gasteiger partial charge on any atom is 0.418 e. The van der Waals surface area contributed by atoms with E-state index in [2.05, 4.69) is 19.7 Å². The number of fused-ring (bicyclic) bond motifs is 4. The second-order valence-corrected chi connectivity index (χ2v) is 6.71. The van der Waals surface area contributed by atoms with E-state index in [0.29, 0.717) is 18.0 Å². The molecule has 0 spiro atoms. The molecule has 148 valence electrons. The summed E-state index contributed by atoms with van der Waals surface area (Å²) in [5, 5.41) is 0.441. The Hall–Kier alpha value is -2.59. The summed E-state index contributed by atoms with van der Waals surface area (Å²) in [6, 6.07) is -3.18. The Morgan fingerprint density at radius 3 is 2.89 bits per heavy atom. The van der Waals surface area contributed by atoms with Gasteiger partial charge in [-0.25, -0.2) is 20.2 Å². The third-order valence-corrected chi connectivity index (χ3v) is 4.28. The van der Waals surface area contributed by atoms with Crippen LogP contribution in [0.15, 0.2) is 6.20 Å². The molecule has 2 aliphatic heterocycles. The van der Waals surface area contributed by atoms with Crippen LogP contribution in [0.3, 0.4) is 0 Å². The lowest BCUT2D eigenvalue weighted by Gasteiger charge is -2.30. The van der Waals surface area contributed by atoms with Crippen molar-refractivity contribution in [2.75, 3.05) is 25.4 Å². The topological polar surface area (TPSA) is 203 Å². The summed E-state index contributed by atoms with van der Waals surface area (Å²) >= 11 is 0. The van der Waals surface area contributed by atoms with E-state index in [0.717, 1.165) is 4.90 Å². The molecule has 0 aliphatic carbocycles. The van der Waals surface area contributed by atoms with Crippen LogP contribution in [0, 0.1) is 0 Å². The summed E-state index contributed by atoms with van der Waals surface area (Å²) in [6.07, 6.45) is 1.76. The summed E-state index contributed by atoms with van der Waals surface area (Å²) < 4.78 is 35.4. The molecule has 27 heavy (non-hydrogen) atoms. The van der Waals surface area contributed by atoms with Gasteiger partial charge in [0.2, 0.25) is 5.95 Å². The Balaban J connectivity index is 1.93. The van der Waals surface area contributed by atoms with Crippen LogP contribution in [0.2, 0.25) is 0 Å². The molecule has 2 bridgehead atoms. The number of nitrogen functional groups attached to an aromatic ring is 1. The number of urea groups is 1. The third kappa shape index (κ3) is 3.76. The third-order valence-electron chi connectivity index (χ3n) is 3.93. The van der Waals surface area contributed by atoms with Crippen LogP contribution in [0.5, 0.6) is 0 Å². The summed E-state index contributed by atoms with van der Waals surface area (Å²) in [5.41, 5.74) is 13.5. The molecule has 2 atom stereocenters. The van der Waals surface area contributed by atoms with E-state index in [-0.39, 0.29) is 30.4 Å². The van der Waals surface area contributed by atoms with Crippen LogP contribution in [0.25, 0.3) is 0 Å². The van der Waals surface area contributed by atoms with E-state index in [4.69, 9.17) is 20.9 Å². The Kier molecular flexibility index (Phi) is 5.11. The van der Waals surface area contributed by atoms with Gasteiger partial charge in [-0.2, -0.15) is 13.5 Å². The van der Waals surface area contributed by atoms with Crippen molar-refractivity contribution in [2.45, 2.75) is 18.5 Å². The number of hydroxylamine groups is 3. The normalized spacial score (nSPS) is 21.3. The number of nitrogens with one attached hydrogen (secondary N) is 1. The highest BCUT2D eigenvalue weighted by Crippen LogP contribution is 2.43. The molecule has 1 saturated heterocycles. The first-order valence-corrected chi connectivity index (χ1v) is 9.10. The first kappa shape index (κ1) is 19.2. The second-order valence-electron chi connectivity index (χ2n) is 5.71. The van der Waals surface area contributed by atoms with Gasteiger partial charge in [-0.3, -0.25) is 14.2 Å². The summed E-state index contributed by atoms with van der Waals surface area (Å²) in [6.45, 7) is 0.415. The van der Waals surface area contributed by atoms with Crippen LogP contribution in [-0.2, 0) is 24.3 Å². The summed E-state index contributed by atoms with van der Waals surface area (Å²) in [5.74, 6) is -0.875. The molecule has 0 aromatic carbocycles. The van der Waals surface area contributed by atoms with E-state index < -0.39 is 34.4 Å². The number of carbonyl (C=O) groups excluding carboxylic acids is 2. The molecule has 6 N–H and O–H groups in total. The number of rotatable bonds is 7. The molecule has 1 fully saturated rings. The average molecular weight is 403 g/mol. The lowest BCUT2D eigenvalue weighted by atomic mass is 9.97. The monoisotopic (exact) mass is 403 g/mol. The van der Waals surface area contributed by atoms with Gasteiger partial charge in [-0.1, -0.05) is 0 Å². The number of aromatic nitrogens is 2. The fourth-order valence-corrected chi connectivity index (χ4v) is 3.24. The molecule has 2 aliphatic rings. The van der Waals surface area contributed by atoms with Crippen molar-refractivity contribution in [3.63, 3.8) is 0 Å². The summed E-state index contributed by atoms with van der Waals surface area (Å²) in [4.78, 5) is 39.0. The molecule has 0 radical (unpaired) electrons. The fraction of sp³-hybridized carbons (Fsp3) is 0.500. The molecule has 3 amide bonds. The molecule has 0 saturated carbocycles. The highest BCUT2D eigenvalue weighted by Gasteiger charge is 2.53. The van der Waals surface area contributed by atoms with E-state index in [1.807, 2.05) is 0 Å². The van der Waals surface area contributed by atoms with Gasteiger partial charge in [0, 0.05) is 11.8 Å². The van der Waals surface area contributed by atoms with E-state index in [1.54, 1.807) is 0 Å². The molecule has 1 aromatic rings. The SMILES string of the molecule is NCCCONC(=O)[C@@H]1c2nc(N)ncc2[C@H]2CN1C(=O)N2OS(=O)(=O)O. The fourth-order valence-electron chi connectivity index (χ4n) is 2.87. The van der Waals surface area contributed by atoms with Gasteiger partial charge in [0.1, 0.15) is 6.04 Å². The highest BCUT2D eigenvalue weighted by molar-refractivity contribution is 7.80. The largest absolute Gasteiger partial charge is 0.418 e. The number of nitrogens with zero attached hydrogens (tertiary/aromatic N) is 4. The van der Waals surface area contributed by atoms with Gasteiger partial charge in [0.05, 0.1) is 18.8 Å². The Labute approximate surface area is 153 Å². The van der Waals surface area contributed by atoms with Crippen molar-refractivity contribution < 1.29 is 31.7 Å². The zero-order valence-electron chi connectivity index (χ0n) is 13.8. The van der Waals surface area contributed by atoms with Crippen molar-refractivity contribution in [3.05, 3.63) is 17.5 Å². The zero-order valence-corrected chi connectivity index (χ0v) is 14.6. The predicted molar refractivity (Wildman–Crippen MR) is 86.3 cm³/mol. The number of nitrogens with two attached hydrogens (primary N) is 2. The Bertz CT molecular complexity index is 864. The van der Waals surface area contributed by atoms with Crippen LogP contribution in [0.1, 0.15) is 29.8 Å². The van der Waals surface area contributed by atoms with Gasteiger partial charge < -0.3 is 16.4 Å². The van der Waals surface area contributed by atoms with Crippen LogP contribution in [-0.4, -0.2) is 64.5 Å². The highest BCUT2D eigenvalue weighted by atomic mass is 32.3. The average Bonchev–Trinajstić information content (AvgIpc) is 2.84. The number of hydrogen-bond donors (Lipinski definition) is 4. The predicted octanol–water partition coefficient (Wildman–Crippen LogP) is -1.98. The van der Waals surface area contributed by atoms with Crippen molar-refractivity contribution in [1.82, 2.24) is 25.4 Å². The summed E-state index contributed by atoms with van der Waals surface area (Å²) in [7, 11) is -4.97.